The minimum Gasteiger partial charge on any atom is -0.496 e. The minimum atomic E-state index is -0.793. The third kappa shape index (κ3) is 3.24. The maximum absolute atomic E-state index is 14.3. The number of halogens is 2. The van der Waals surface area contributed by atoms with Crippen LogP contribution in [-0.4, -0.2) is 13.7 Å². The molecule has 1 unspecified atom stereocenters. The van der Waals surface area contributed by atoms with E-state index in [0.29, 0.717) is 23.4 Å². The molecule has 0 aliphatic heterocycles. The molecule has 1 heterocycles. The van der Waals surface area contributed by atoms with Gasteiger partial charge in [-0.25, -0.2) is 8.78 Å². The first-order chi connectivity index (χ1) is 10.1. The number of hydrogen-bond donors (Lipinski definition) is 1. The molecule has 1 atom stereocenters. The molecule has 1 aromatic heterocycles. The van der Waals surface area contributed by atoms with Crippen molar-refractivity contribution in [3.8, 4) is 5.75 Å². The Balaban J connectivity index is 2.48. The highest BCUT2D eigenvalue weighted by Gasteiger charge is 2.24. The van der Waals surface area contributed by atoms with Crippen LogP contribution in [-0.2, 0) is 0 Å². The third-order valence-corrected chi connectivity index (χ3v) is 4.32. The molecule has 1 aromatic carbocycles. The standard InChI is InChI=1S/C16H19F2NOS/c1-4-8-19-15(16-12(20-3)7-9-21-16)11-6-5-10(2)13(17)14(11)18/h5-7,9,15,19H,4,8H2,1-3H3. The van der Waals surface area contributed by atoms with Crippen LogP contribution in [0.2, 0.25) is 0 Å². The van der Waals surface area contributed by atoms with Gasteiger partial charge < -0.3 is 10.1 Å². The Hall–Kier alpha value is -1.46. The second-order valence-electron chi connectivity index (χ2n) is 4.84. The van der Waals surface area contributed by atoms with E-state index in [0.717, 1.165) is 11.3 Å². The van der Waals surface area contributed by atoms with Crippen LogP contribution in [0, 0.1) is 18.6 Å². The highest BCUT2D eigenvalue weighted by Crippen LogP contribution is 2.36. The molecule has 2 aromatic rings. The molecule has 21 heavy (non-hydrogen) atoms. The lowest BCUT2D eigenvalue weighted by atomic mass is 10.0. The molecule has 2 rings (SSSR count). The minimum absolute atomic E-state index is 0.309. The molecular formula is C16H19F2NOS. The molecule has 0 bridgehead atoms. The summed E-state index contributed by atoms with van der Waals surface area (Å²) in [6.07, 6.45) is 0.903. The van der Waals surface area contributed by atoms with Gasteiger partial charge in [-0.3, -0.25) is 0 Å². The number of rotatable bonds is 6. The average Bonchev–Trinajstić information content (AvgIpc) is 2.95. The zero-order valence-corrected chi connectivity index (χ0v) is 13.2. The summed E-state index contributed by atoms with van der Waals surface area (Å²) in [4.78, 5) is 0.855. The number of aryl methyl sites for hydroxylation is 1. The lowest BCUT2D eigenvalue weighted by molar-refractivity contribution is 0.405. The van der Waals surface area contributed by atoms with Gasteiger partial charge in [-0.1, -0.05) is 19.1 Å². The maximum atomic E-state index is 14.3. The Bertz CT molecular complexity index is 612. The van der Waals surface area contributed by atoms with Crippen molar-refractivity contribution in [2.75, 3.05) is 13.7 Å². The van der Waals surface area contributed by atoms with Crippen LogP contribution in [0.25, 0.3) is 0 Å². The van der Waals surface area contributed by atoms with Gasteiger partial charge >= 0.3 is 0 Å². The monoisotopic (exact) mass is 311 g/mol. The van der Waals surface area contributed by atoms with Crippen LogP contribution in [0.5, 0.6) is 5.75 Å². The van der Waals surface area contributed by atoms with Gasteiger partial charge in [-0.2, -0.15) is 0 Å². The van der Waals surface area contributed by atoms with E-state index >= 15 is 0 Å². The predicted molar refractivity (Wildman–Crippen MR) is 82.1 cm³/mol. The fourth-order valence-corrected chi connectivity index (χ4v) is 3.16. The van der Waals surface area contributed by atoms with E-state index in [1.54, 1.807) is 26.2 Å². The summed E-state index contributed by atoms with van der Waals surface area (Å²) < 4.78 is 33.5. The summed E-state index contributed by atoms with van der Waals surface area (Å²) in [6.45, 7) is 4.30. The average molecular weight is 311 g/mol. The summed E-state index contributed by atoms with van der Waals surface area (Å²) >= 11 is 1.47. The van der Waals surface area contributed by atoms with Crippen molar-refractivity contribution in [3.63, 3.8) is 0 Å². The Morgan fingerprint density at radius 1 is 1.24 bits per heavy atom. The van der Waals surface area contributed by atoms with Gasteiger partial charge in [0.25, 0.3) is 0 Å². The fraction of sp³-hybridized carbons (Fsp3) is 0.375. The number of hydrogen-bond acceptors (Lipinski definition) is 3. The normalized spacial score (nSPS) is 12.4. The van der Waals surface area contributed by atoms with Gasteiger partial charge in [0.1, 0.15) is 5.75 Å². The van der Waals surface area contributed by atoms with Crippen molar-refractivity contribution in [1.29, 1.82) is 0 Å². The molecule has 0 aliphatic rings. The van der Waals surface area contributed by atoms with Crippen LogP contribution in [0.4, 0.5) is 8.78 Å². The zero-order chi connectivity index (χ0) is 15.4. The van der Waals surface area contributed by atoms with Gasteiger partial charge in [0, 0.05) is 5.56 Å². The summed E-state index contributed by atoms with van der Waals surface area (Å²) in [5.74, 6) is -0.889. The Morgan fingerprint density at radius 2 is 2.00 bits per heavy atom. The number of nitrogens with one attached hydrogen (secondary N) is 1. The molecule has 0 saturated heterocycles. The molecule has 0 saturated carbocycles. The first-order valence-electron chi connectivity index (χ1n) is 6.89. The molecule has 0 radical (unpaired) electrons. The first kappa shape index (κ1) is 15.9. The summed E-state index contributed by atoms with van der Waals surface area (Å²) in [5.41, 5.74) is 0.621. The van der Waals surface area contributed by atoms with Crippen LogP contribution in [0.15, 0.2) is 23.6 Å². The summed E-state index contributed by atoms with van der Waals surface area (Å²) in [7, 11) is 1.58. The lowest BCUT2D eigenvalue weighted by Crippen LogP contribution is -2.24. The van der Waals surface area contributed by atoms with E-state index in [9.17, 15) is 8.78 Å². The summed E-state index contributed by atoms with van der Waals surface area (Å²) in [6, 6.07) is 4.67. The van der Waals surface area contributed by atoms with Gasteiger partial charge in [0.15, 0.2) is 11.6 Å². The third-order valence-electron chi connectivity index (χ3n) is 3.35. The molecule has 114 valence electrons. The smallest absolute Gasteiger partial charge is 0.164 e. The quantitative estimate of drug-likeness (QED) is 0.852. The first-order valence-corrected chi connectivity index (χ1v) is 7.77. The zero-order valence-electron chi connectivity index (χ0n) is 12.4. The predicted octanol–water partition coefficient (Wildman–Crippen LogP) is 4.43. The number of ether oxygens (including phenoxy) is 1. The lowest BCUT2D eigenvalue weighted by Gasteiger charge is -2.20. The second kappa shape index (κ2) is 7.00. The number of thiophene rings is 1. The van der Waals surface area contributed by atoms with E-state index in [1.165, 1.54) is 11.3 Å². The summed E-state index contributed by atoms with van der Waals surface area (Å²) in [5, 5.41) is 5.16. The molecular weight excluding hydrogens is 292 g/mol. The molecule has 0 amide bonds. The molecule has 2 nitrogen and oxygen atoms in total. The van der Waals surface area contributed by atoms with Crippen molar-refractivity contribution < 1.29 is 13.5 Å². The van der Waals surface area contributed by atoms with E-state index in [-0.39, 0.29) is 0 Å². The molecule has 0 aliphatic carbocycles. The van der Waals surface area contributed by atoms with Crippen molar-refractivity contribution in [3.05, 3.63) is 51.2 Å². The molecule has 0 fully saturated rings. The molecule has 1 N–H and O–H groups in total. The highest BCUT2D eigenvalue weighted by molar-refractivity contribution is 7.10. The largest absolute Gasteiger partial charge is 0.496 e. The van der Waals surface area contributed by atoms with Gasteiger partial charge in [-0.15, -0.1) is 11.3 Å². The van der Waals surface area contributed by atoms with Crippen LogP contribution >= 0.6 is 11.3 Å². The Kier molecular flexibility index (Phi) is 5.31. The molecule has 5 heteroatoms. The van der Waals surface area contributed by atoms with Gasteiger partial charge in [-0.05, 0) is 36.9 Å². The second-order valence-corrected chi connectivity index (χ2v) is 5.79. The van der Waals surface area contributed by atoms with E-state index in [2.05, 4.69) is 5.32 Å². The van der Waals surface area contributed by atoms with Crippen LogP contribution < -0.4 is 10.1 Å². The molecule has 0 spiro atoms. The van der Waals surface area contributed by atoms with E-state index in [1.807, 2.05) is 18.4 Å². The number of benzene rings is 1. The number of methoxy groups -OCH3 is 1. The maximum Gasteiger partial charge on any atom is 0.164 e. The van der Waals surface area contributed by atoms with E-state index < -0.39 is 17.7 Å². The topological polar surface area (TPSA) is 21.3 Å². The SMILES string of the molecule is CCCNC(c1ccc(C)c(F)c1F)c1sccc1OC. The highest BCUT2D eigenvalue weighted by atomic mass is 32.1. The van der Waals surface area contributed by atoms with Crippen molar-refractivity contribution in [2.45, 2.75) is 26.3 Å². The van der Waals surface area contributed by atoms with Crippen LogP contribution in [0.3, 0.4) is 0 Å². The van der Waals surface area contributed by atoms with Gasteiger partial charge in [0.05, 0.1) is 18.0 Å². The van der Waals surface area contributed by atoms with Crippen molar-refractivity contribution in [2.24, 2.45) is 0 Å². The Morgan fingerprint density at radius 3 is 2.67 bits per heavy atom. The fourth-order valence-electron chi connectivity index (χ4n) is 2.20. The van der Waals surface area contributed by atoms with Gasteiger partial charge in [0.2, 0.25) is 0 Å². The Labute approximate surface area is 127 Å². The van der Waals surface area contributed by atoms with E-state index in [4.69, 9.17) is 4.74 Å². The van der Waals surface area contributed by atoms with Crippen molar-refractivity contribution in [1.82, 2.24) is 5.32 Å². The van der Waals surface area contributed by atoms with Crippen LogP contribution in [0.1, 0.15) is 35.4 Å². The van der Waals surface area contributed by atoms with Crippen molar-refractivity contribution >= 4 is 11.3 Å².